The van der Waals surface area contributed by atoms with Gasteiger partial charge in [0.05, 0.1) is 10.3 Å². The number of carbonyl (C=O) groups is 2. The van der Waals surface area contributed by atoms with E-state index in [-0.39, 0.29) is 10.8 Å². The Balaban J connectivity index is 0.000000559. The number of carbonyl (C=O) groups excluding carboxylic acids is 1. The van der Waals surface area contributed by atoms with Crippen molar-refractivity contribution < 1.29 is 36.3 Å². The van der Waals surface area contributed by atoms with Gasteiger partial charge >= 0.3 is 12.1 Å². The van der Waals surface area contributed by atoms with Gasteiger partial charge in [-0.15, -0.1) is 0 Å². The van der Waals surface area contributed by atoms with E-state index >= 15 is 0 Å². The van der Waals surface area contributed by atoms with Crippen LogP contribution < -0.4 is 10.0 Å². The lowest BCUT2D eigenvalue weighted by atomic mass is 9.94. The number of benzene rings is 3. The van der Waals surface area contributed by atoms with E-state index in [1.807, 2.05) is 42.5 Å². The van der Waals surface area contributed by atoms with Gasteiger partial charge in [0.1, 0.15) is 0 Å². The third kappa shape index (κ3) is 8.08. The van der Waals surface area contributed by atoms with Gasteiger partial charge in [0.2, 0.25) is 5.91 Å². The summed E-state index contributed by atoms with van der Waals surface area (Å²) >= 11 is 0. The molecular weight excluding hydrogens is 545 g/mol. The van der Waals surface area contributed by atoms with Crippen molar-refractivity contribution in [1.82, 2.24) is 5.32 Å². The number of anilines is 1. The molecule has 11 heteroatoms. The molecule has 1 fully saturated rings. The summed E-state index contributed by atoms with van der Waals surface area (Å²) in [5.41, 5.74) is 3.19. The number of hydrogen-bond donors (Lipinski definition) is 3. The third-order valence-corrected chi connectivity index (χ3v) is 7.91. The van der Waals surface area contributed by atoms with E-state index in [4.69, 9.17) is 9.90 Å². The van der Waals surface area contributed by atoms with Crippen LogP contribution in [0.1, 0.15) is 49.3 Å². The zero-order chi connectivity index (χ0) is 29.6. The second kappa shape index (κ2) is 12.5. The zero-order valence-corrected chi connectivity index (χ0v) is 22.9. The van der Waals surface area contributed by atoms with Crippen molar-refractivity contribution in [1.29, 1.82) is 0 Å². The predicted octanol–water partition coefficient (Wildman–Crippen LogP) is 5.63. The molecule has 0 atom stereocenters. The maximum absolute atomic E-state index is 12.9. The molecule has 7 nitrogen and oxygen atoms in total. The molecule has 0 aliphatic heterocycles. The number of nitrogens with one attached hydrogen (secondary N) is 2. The molecular formula is C29H31F3N2O5S. The summed E-state index contributed by atoms with van der Waals surface area (Å²) in [5.74, 6) is -2.38. The van der Waals surface area contributed by atoms with Crippen LogP contribution in [0.15, 0.2) is 83.8 Å². The maximum atomic E-state index is 12.9. The number of rotatable bonds is 9. The smallest absolute Gasteiger partial charge is 0.475 e. The number of halogens is 3. The molecule has 0 bridgehead atoms. The number of carboxylic acid groups (broad SMARTS) is 1. The van der Waals surface area contributed by atoms with Crippen molar-refractivity contribution in [3.8, 4) is 0 Å². The van der Waals surface area contributed by atoms with Gasteiger partial charge in [-0.3, -0.25) is 9.52 Å². The minimum Gasteiger partial charge on any atom is -0.475 e. The minimum atomic E-state index is -5.08. The first-order valence-electron chi connectivity index (χ1n) is 12.6. The Morgan fingerprint density at radius 2 is 1.48 bits per heavy atom. The molecule has 40 heavy (non-hydrogen) atoms. The van der Waals surface area contributed by atoms with Gasteiger partial charge < -0.3 is 10.4 Å². The van der Waals surface area contributed by atoms with Crippen molar-refractivity contribution in [2.24, 2.45) is 0 Å². The molecule has 0 unspecified atom stereocenters. The molecule has 0 aromatic heterocycles. The van der Waals surface area contributed by atoms with Crippen molar-refractivity contribution in [2.75, 3.05) is 11.3 Å². The molecule has 3 aromatic rings. The Morgan fingerprint density at radius 1 is 0.925 bits per heavy atom. The maximum Gasteiger partial charge on any atom is 0.490 e. The number of carboxylic acids is 1. The largest absolute Gasteiger partial charge is 0.490 e. The second-order valence-corrected chi connectivity index (χ2v) is 11.5. The summed E-state index contributed by atoms with van der Waals surface area (Å²) in [6.45, 7) is 4.73. The van der Waals surface area contributed by atoms with E-state index < -0.39 is 27.6 Å². The van der Waals surface area contributed by atoms with Crippen LogP contribution in [0.4, 0.5) is 18.9 Å². The Hall–Kier alpha value is -3.86. The van der Waals surface area contributed by atoms with E-state index in [0.717, 1.165) is 30.4 Å². The molecule has 214 valence electrons. The van der Waals surface area contributed by atoms with Gasteiger partial charge in [-0.2, -0.15) is 13.2 Å². The second-order valence-electron chi connectivity index (χ2n) is 9.78. The van der Waals surface area contributed by atoms with Crippen molar-refractivity contribution >= 4 is 27.6 Å². The monoisotopic (exact) mass is 576 g/mol. The summed E-state index contributed by atoms with van der Waals surface area (Å²) in [6, 6.07) is 24.2. The molecule has 0 heterocycles. The fraction of sp³-hybridized carbons (Fsp3) is 0.310. The van der Waals surface area contributed by atoms with Gasteiger partial charge in [0.15, 0.2) is 0 Å². The quantitative estimate of drug-likeness (QED) is 0.306. The van der Waals surface area contributed by atoms with Gasteiger partial charge in [-0.25, -0.2) is 13.2 Å². The number of aliphatic carboxylic acids is 1. The van der Waals surface area contributed by atoms with E-state index in [1.165, 1.54) is 5.56 Å². The number of amides is 1. The Morgan fingerprint density at radius 3 is 1.95 bits per heavy atom. The van der Waals surface area contributed by atoms with Crippen LogP contribution in [0.25, 0.3) is 0 Å². The van der Waals surface area contributed by atoms with Crippen LogP contribution in [-0.4, -0.2) is 38.1 Å². The molecule has 1 aliphatic carbocycles. The SMILES string of the molecule is CC(C)c1ccc(S(=O)(=O)Nc2ccc(C3(C(=O)NCCc4ccccc4)CC3)cc2)cc1.O=C(O)C(F)(F)F. The average molecular weight is 577 g/mol. The highest BCUT2D eigenvalue weighted by atomic mass is 32.2. The summed E-state index contributed by atoms with van der Waals surface area (Å²) in [5, 5.41) is 10.2. The highest BCUT2D eigenvalue weighted by molar-refractivity contribution is 7.92. The van der Waals surface area contributed by atoms with E-state index in [0.29, 0.717) is 18.2 Å². The summed E-state index contributed by atoms with van der Waals surface area (Å²) in [6.07, 6.45) is -2.68. The lowest BCUT2D eigenvalue weighted by Gasteiger charge is -2.17. The van der Waals surface area contributed by atoms with E-state index in [9.17, 15) is 26.4 Å². The van der Waals surface area contributed by atoms with Crippen molar-refractivity contribution in [3.63, 3.8) is 0 Å². The normalized spacial score (nSPS) is 14.1. The Bertz CT molecular complexity index is 1400. The first kappa shape index (κ1) is 30.7. The van der Waals surface area contributed by atoms with Crippen LogP contribution in [0, 0.1) is 0 Å². The van der Waals surface area contributed by atoms with Gasteiger partial charge in [-0.05, 0) is 66.1 Å². The lowest BCUT2D eigenvalue weighted by Crippen LogP contribution is -2.35. The molecule has 3 aromatic carbocycles. The van der Waals surface area contributed by atoms with Crippen LogP contribution >= 0.6 is 0 Å². The van der Waals surface area contributed by atoms with Gasteiger partial charge in [0, 0.05) is 12.2 Å². The topological polar surface area (TPSA) is 113 Å². The van der Waals surface area contributed by atoms with Crippen LogP contribution in [0.2, 0.25) is 0 Å². The number of alkyl halides is 3. The average Bonchev–Trinajstić information content (AvgIpc) is 3.72. The molecule has 0 saturated heterocycles. The molecule has 0 radical (unpaired) electrons. The van der Waals surface area contributed by atoms with Crippen LogP contribution in [0.5, 0.6) is 0 Å². The third-order valence-electron chi connectivity index (χ3n) is 6.52. The highest BCUT2D eigenvalue weighted by Gasteiger charge is 2.51. The fourth-order valence-corrected chi connectivity index (χ4v) is 5.07. The fourth-order valence-electron chi connectivity index (χ4n) is 4.01. The summed E-state index contributed by atoms with van der Waals surface area (Å²) < 4.78 is 59.9. The standard InChI is InChI=1S/C27H30N2O3S.C2HF3O2/c1-20(2)22-8-14-25(15-9-22)33(31,32)29-24-12-10-23(11-13-24)27(17-18-27)26(30)28-19-16-21-6-4-3-5-7-21;3-2(4,5)1(6)7/h3-15,20,29H,16-19H2,1-2H3,(H,28,30);(H,6,7). The highest BCUT2D eigenvalue weighted by Crippen LogP contribution is 2.48. The van der Waals surface area contributed by atoms with Crippen molar-refractivity contribution in [3.05, 3.63) is 95.6 Å². The van der Waals surface area contributed by atoms with Crippen LogP contribution in [0.3, 0.4) is 0 Å². The summed E-state index contributed by atoms with van der Waals surface area (Å²) in [4.78, 5) is 22.0. The van der Waals surface area contributed by atoms with E-state index in [1.54, 1.807) is 24.3 Å². The minimum absolute atomic E-state index is 0.0389. The first-order valence-corrected chi connectivity index (χ1v) is 14.1. The molecule has 1 saturated carbocycles. The van der Waals surface area contributed by atoms with E-state index in [2.05, 4.69) is 36.0 Å². The van der Waals surface area contributed by atoms with Gasteiger partial charge in [0.25, 0.3) is 10.0 Å². The predicted molar refractivity (Wildman–Crippen MR) is 146 cm³/mol. The van der Waals surface area contributed by atoms with Crippen LogP contribution in [-0.2, 0) is 31.4 Å². The summed E-state index contributed by atoms with van der Waals surface area (Å²) in [7, 11) is -3.67. The zero-order valence-electron chi connectivity index (χ0n) is 22.0. The molecule has 1 amide bonds. The Kier molecular flexibility index (Phi) is 9.62. The molecule has 0 spiro atoms. The lowest BCUT2D eigenvalue weighted by molar-refractivity contribution is -0.192. The molecule has 1 aliphatic rings. The van der Waals surface area contributed by atoms with Crippen molar-refractivity contribution in [2.45, 2.75) is 55.5 Å². The number of hydrogen-bond acceptors (Lipinski definition) is 4. The molecule has 4 rings (SSSR count). The Labute approximate surface area is 231 Å². The molecule has 3 N–H and O–H groups in total. The van der Waals surface area contributed by atoms with Gasteiger partial charge in [-0.1, -0.05) is 68.4 Å². The number of sulfonamides is 1. The first-order chi connectivity index (χ1) is 18.7.